The maximum Gasteiger partial charge on any atom is 0.408 e. The molecule has 5 amide bonds. The van der Waals surface area contributed by atoms with Crippen LogP contribution < -0.4 is 26.6 Å². The van der Waals surface area contributed by atoms with Gasteiger partial charge in [-0.15, -0.1) is 0 Å². The number of alkyl carbamates (subject to hydrolysis) is 2. The Morgan fingerprint density at radius 1 is 0.593 bits per heavy atom. The number of amides is 5. The smallest absolute Gasteiger partial charge is 0.408 e. The van der Waals surface area contributed by atoms with Crippen molar-refractivity contribution in [1.29, 1.82) is 0 Å². The topological polar surface area (TPSA) is 237 Å². The van der Waals surface area contributed by atoms with Crippen LogP contribution in [0.25, 0.3) is 0 Å². The third-order valence-electron chi connectivity index (χ3n) is 8.10. The molecule has 0 unspecified atom stereocenters. The van der Waals surface area contributed by atoms with E-state index in [1.165, 1.54) is 0 Å². The molecule has 0 saturated carbocycles. The van der Waals surface area contributed by atoms with Crippen molar-refractivity contribution in [1.82, 2.24) is 26.6 Å². The van der Waals surface area contributed by atoms with Crippen LogP contribution in [0.2, 0.25) is 0 Å². The molecule has 318 valence electrons. The van der Waals surface area contributed by atoms with Crippen LogP contribution in [0, 0.1) is 0 Å². The summed E-state index contributed by atoms with van der Waals surface area (Å²) < 4.78 is 21.1. The zero-order chi connectivity index (χ0) is 43.0. The molecule has 0 aliphatic rings. The highest BCUT2D eigenvalue weighted by atomic mass is 16.6. The van der Waals surface area contributed by atoms with Crippen LogP contribution in [0.1, 0.15) is 63.1 Å². The van der Waals surface area contributed by atoms with Crippen molar-refractivity contribution in [2.45, 2.75) is 90.0 Å². The standard InChI is InChI=1S/C42H53N5O12/c1-42(2,3)59-41(55)47-34(25-48)38(52)46-33(23-36(50)56-26-29-15-7-4-8-16-29)37(51)44-24-35(49)45-32(39(53)57-27-30-17-9-5-10-18-30)21-13-14-22-43-40(54)58-28-31-19-11-6-12-20-31/h4-12,15-20,32-34,48H,13-14,21-28H2,1-3H3,(H,43,54)(H,44,51)(H,45,49)(H,46,52)(H,47,55)/t32-,33-,34-/m0/s1. The Morgan fingerprint density at radius 2 is 1.14 bits per heavy atom. The number of aliphatic hydroxyl groups is 1. The first kappa shape index (κ1) is 46.9. The van der Waals surface area contributed by atoms with Gasteiger partial charge in [-0.05, 0) is 56.7 Å². The van der Waals surface area contributed by atoms with Crippen molar-refractivity contribution >= 4 is 41.8 Å². The van der Waals surface area contributed by atoms with Gasteiger partial charge in [0.05, 0.1) is 19.6 Å². The first-order valence-electron chi connectivity index (χ1n) is 19.0. The van der Waals surface area contributed by atoms with E-state index < -0.39 is 85.1 Å². The highest BCUT2D eigenvalue weighted by Crippen LogP contribution is 2.10. The summed E-state index contributed by atoms with van der Waals surface area (Å²) in [5.74, 6) is -4.41. The molecule has 6 N–H and O–H groups in total. The van der Waals surface area contributed by atoms with Crippen LogP contribution in [-0.4, -0.2) is 90.4 Å². The van der Waals surface area contributed by atoms with E-state index in [2.05, 4.69) is 26.6 Å². The number of hydrogen-bond donors (Lipinski definition) is 6. The van der Waals surface area contributed by atoms with E-state index in [4.69, 9.17) is 18.9 Å². The Morgan fingerprint density at radius 3 is 1.68 bits per heavy atom. The number of aliphatic hydroxyl groups excluding tert-OH is 1. The number of nitrogens with one attached hydrogen (secondary N) is 5. The van der Waals surface area contributed by atoms with Gasteiger partial charge in [0.15, 0.2) is 0 Å². The summed E-state index contributed by atoms with van der Waals surface area (Å²) in [5, 5.41) is 21.9. The summed E-state index contributed by atoms with van der Waals surface area (Å²) in [5.41, 5.74) is 1.30. The van der Waals surface area contributed by atoms with E-state index in [-0.39, 0.29) is 32.8 Å². The largest absolute Gasteiger partial charge is 0.461 e. The minimum absolute atomic E-state index is 0.0586. The first-order chi connectivity index (χ1) is 28.2. The Hall–Kier alpha value is -6.49. The molecular formula is C42H53N5O12. The first-order valence-corrected chi connectivity index (χ1v) is 19.0. The quantitative estimate of drug-likeness (QED) is 0.0488. The Kier molecular flexibility index (Phi) is 19.9. The summed E-state index contributed by atoms with van der Waals surface area (Å²) in [4.78, 5) is 90.1. The van der Waals surface area contributed by atoms with Gasteiger partial charge < -0.3 is 50.6 Å². The SMILES string of the molecule is CC(C)(C)OC(=O)N[C@@H](CO)C(=O)N[C@@H](CC(=O)OCc1ccccc1)C(=O)NCC(=O)N[C@@H](CCCCNC(=O)OCc1ccccc1)C(=O)OCc1ccccc1. The Balaban J connectivity index is 1.61. The lowest BCUT2D eigenvalue weighted by molar-refractivity contribution is -0.149. The molecule has 0 aliphatic heterocycles. The number of esters is 2. The lowest BCUT2D eigenvalue weighted by atomic mass is 10.1. The highest BCUT2D eigenvalue weighted by Gasteiger charge is 2.31. The summed E-state index contributed by atoms with van der Waals surface area (Å²) in [6, 6.07) is 22.5. The van der Waals surface area contributed by atoms with Crippen molar-refractivity contribution < 1.29 is 57.6 Å². The molecule has 0 aliphatic carbocycles. The van der Waals surface area contributed by atoms with Gasteiger partial charge in [0, 0.05) is 6.54 Å². The van der Waals surface area contributed by atoms with Crippen molar-refractivity contribution in [3.05, 3.63) is 108 Å². The number of hydrogen-bond acceptors (Lipinski definition) is 12. The second-order valence-electron chi connectivity index (χ2n) is 14.2. The molecule has 3 aromatic rings. The molecule has 3 rings (SSSR count). The van der Waals surface area contributed by atoms with Gasteiger partial charge in [-0.2, -0.15) is 0 Å². The number of rotatable bonds is 22. The predicted molar refractivity (Wildman–Crippen MR) is 213 cm³/mol. The molecule has 3 atom stereocenters. The summed E-state index contributed by atoms with van der Waals surface area (Å²) >= 11 is 0. The fourth-order valence-electron chi connectivity index (χ4n) is 5.14. The fraction of sp³-hybridized carbons (Fsp3) is 0.405. The number of ether oxygens (including phenoxy) is 4. The Bertz CT molecular complexity index is 1810. The molecule has 0 radical (unpaired) electrons. The summed E-state index contributed by atoms with van der Waals surface area (Å²) in [6.45, 7) is 3.38. The van der Waals surface area contributed by atoms with E-state index in [0.29, 0.717) is 18.4 Å². The molecule has 0 saturated heterocycles. The van der Waals surface area contributed by atoms with E-state index >= 15 is 0 Å². The molecule has 17 nitrogen and oxygen atoms in total. The van der Waals surface area contributed by atoms with Crippen molar-refractivity contribution in [2.75, 3.05) is 19.7 Å². The molecular weight excluding hydrogens is 766 g/mol. The number of unbranched alkanes of at least 4 members (excludes halogenated alkanes) is 1. The molecule has 0 heterocycles. The average molecular weight is 820 g/mol. The molecule has 0 fully saturated rings. The lowest BCUT2D eigenvalue weighted by Gasteiger charge is -2.24. The number of carbonyl (C=O) groups is 7. The third-order valence-corrected chi connectivity index (χ3v) is 8.10. The van der Waals surface area contributed by atoms with Gasteiger partial charge in [0.25, 0.3) is 0 Å². The Labute approximate surface area is 342 Å². The zero-order valence-corrected chi connectivity index (χ0v) is 33.4. The summed E-state index contributed by atoms with van der Waals surface area (Å²) in [7, 11) is 0. The van der Waals surface area contributed by atoms with E-state index in [0.717, 1.165) is 11.1 Å². The maximum atomic E-state index is 13.4. The number of carbonyl (C=O) groups excluding carboxylic acids is 7. The minimum atomic E-state index is -1.62. The third kappa shape index (κ3) is 19.5. The van der Waals surface area contributed by atoms with Gasteiger partial charge in [0.2, 0.25) is 17.7 Å². The van der Waals surface area contributed by atoms with Crippen LogP contribution in [0.15, 0.2) is 91.0 Å². The van der Waals surface area contributed by atoms with E-state index in [1.807, 2.05) is 36.4 Å². The molecule has 0 aromatic heterocycles. The molecule has 0 spiro atoms. The van der Waals surface area contributed by atoms with Gasteiger partial charge in [-0.25, -0.2) is 14.4 Å². The van der Waals surface area contributed by atoms with Crippen molar-refractivity contribution in [3.63, 3.8) is 0 Å². The van der Waals surface area contributed by atoms with Gasteiger partial charge in [-0.1, -0.05) is 91.0 Å². The average Bonchev–Trinajstić information content (AvgIpc) is 3.22. The summed E-state index contributed by atoms with van der Waals surface area (Å²) in [6.07, 6.45) is -1.39. The lowest BCUT2D eigenvalue weighted by Crippen LogP contribution is -2.56. The second-order valence-corrected chi connectivity index (χ2v) is 14.2. The van der Waals surface area contributed by atoms with Crippen LogP contribution in [0.3, 0.4) is 0 Å². The van der Waals surface area contributed by atoms with E-state index in [1.54, 1.807) is 75.4 Å². The van der Waals surface area contributed by atoms with Crippen molar-refractivity contribution in [3.8, 4) is 0 Å². The van der Waals surface area contributed by atoms with Gasteiger partial charge in [-0.3, -0.25) is 19.2 Å². The minimum Gasteiger partial charge on any atom is -0.461 e. The number of benzene rings is 3. The van der Waals surface area contributed by atoms with Crippen molar-refractivity contribution in [2.24, 2.45) is 0 Å². The van der Waals surface area contributed by atoms with Gasteiger partial charge in [0.1, 0.15) is 43.5 Å². The normalized spacial score (nSPS) is 12.3. The highest BCUT2D eigenvalue weighted by molar-refractivity contribution is 5.95. The van der Waals surface area contributed by atoms with Crippen LogP contribution in [-0.2, 0) is 62.7 Å². The molecule has 3 aromatic carbocycles. The monoisotopic (exact) mass is 819 g/mol. The van der Waals surface area contributed by atoms with Crippen LogP contribution >= 0.6 is 0 Å². The zero-order valence-electron chi connectivity index (χ0n) is 33.4. The van der Waals surface area contributed by atoms with E-state index in [9.17, 15) is 38.7 Å². The van der Waals surface area contributed by atoms with Gasteiger partial charge >= 0.3 is 24.1 Å². The molecule has 0 bridgehead atoms. The molecule has 59 heavy (non-hydrogen) atoms. The second kappa shape index (κ2) is 25.0. The fourth-order valence-corrected chi connectivity index (χ4v) is 5.14. The predicted octanol–water partition coefficient (Wildman–Crippen LogP) is 2.93. The van der Waals surface area contributed by atoms with Crippen LogP contribution in [0.4, 0.5) is 9.59 Å². The van der Waals surface area contributed by atoms with Crippen LogP contribution in [0.5, 0.6) is 0 Å². The molecule has 17 heteroatoms. The maximum absolute atomic E-state index is 13.4.